The molecule has 2 heterocycles. The summed E-state index contributed by atoms with van der Waals surface area (Å²) in [5, 5.41) is 0. The van der Waals surface area contributed by atoms with Gasteiger partial charge in [-0.25, -0.2) is 0 Å². The molecular formula is C9H13NO. The fourth-order valence-corrected chi connectivity index (χ4v) is 1.73. The van der Waals surface area contributed by atoms with Gasteiger partial charge in [0.2, 0.25) is 0 Å². The molecule has 1 aliphatic heterocycles. The van der Waals surface area contributed by atoms with Crippen molar-refractivity contribution in [2.75, 3.05) is 7.11 Å². The molecule has 0 amide bonds. The Morgan fingerprint density at radius 3 is 3.09 bits per heavy atom. The van der Waals surface area contributed by atoms with Crippen molar-refractivity contribution in [1.82, 2.24) is 4.57 Å². The van der Waals surface area contributed by atoms with Crippen LogP contribution in [0.25, 0.3) is 0 Å². The molecule has 1 unspecified atom stereocenters. The van der Waals surface area contributed by atoms with Gasteiger partial charge >= 0.3 is 0 Å². The van der Waals surface area contributed by atoms with Crippen LogP contribution in [0.15, 0.2) is 12.3 Å². The summed E-state index contributed by atoms with van der Waals surface area (Å²) in [4.78, 5) is 0. The normalized spacial score (nSPS) is 22.2. The average molecular weight is 151 g/mol. The third-order valence-corrected chi connectivity index (χ3v) is 2.29. The van der Waals surface area contributed by atoms with Crippen LogP contribution in [0.2, 0.25) is 0 Å². The van der Waals surface area contributed by atoms with E-state index in [4.69, 9.17) is 4.74 Å². The lowest BCUT2D eigenvalue weighted by molar-refractivity contribution is 0.104. The Balaban J connectivity index is 2.23. The summed E-state index contributed by atoms with van der Waals surface area (Å²) in [6.07, 6.45) is 3.67. The highest BCUT2D eigenvalue weighted by molar-refractivity contribution is 5.20. The fourth-order valence-electron chi connectivity index (χ4n) is 1.73. The molecule has 0 bridgehead atoms. The summed E-state index contributed by atoms with van der Waals surface area (Å²) < 4.78 is 7.55. The number of aryl methyl sites for hydroxylation is 1. The minimum absolute atomic E-state index is 0.408. The van der Waals surface area contributed by atoms with E-state index in [9.17, 15) is 0 Å². The lowest BCUT2D eigenvalue weighted by Crippen LogP contribution is -2.11. The van der Waals surface area contributed by atoms with E-state index in [1.807, 2.05) is 0 Å². The lowest BCUT2D eigenvalue weighted by Gasteiger charge is -2.04. The van der Waals surface area contributed by atoms with E-state index in [0.29, 0.717) is 6.10 Å². The van der Waals surface area contributed by atoms with E-state index in [2.05, 4.69) is 23.8 Å². The highest BCUT2D eigenvalue weighted by Gasteiger charge is 2.20. The van der Waals surface area contributed by atoms with Crippen molar-refractivity contribution < 1.29 is 4.74 Å². The first-order valence-corrected chi connectivity index (χ1v) is 3.98. The maximum atomic E-state index is 5.27. The number of fused-ring (bicyclic) bond motifs is 1. The van der Waals surface area contributed by atoms with Gasteiger partial charge in [-0.15, -0.1) is 0 Å². The number of ether oxygens (including phenoxy) is 1. The molecule has 0 spiro atoms. The molecule has 2 nitrogen and oxygen atoms in total. The van der Waals surface area contributed by atoms with Crippen LogP contribution in [-0.4, -0.2) is 17.8 Å². The van der Waals surface area contributed by atoms with Crippen molar-refractivity contribution in [3.63, 3.8) is 0 Å². The standard InChI is InChI=1S/C9H13NO/c1-7-3-8-4-9(11-2)6-10(8)5-7/h3,5,9H,4,6H2,1-2H3. The van der Waals surface area contributed by atoms with E-state index < -0.39 is 0 Å². The van der Waals surface area contributed by atoms with Crippen molar-refractivity contribution in [3.8, 4) is 0 Å². The molecule has 0 saturated heterocycles. The molecule has 0 saturated carbocycles. The van der Waals surface area contributed by atoms with Gasteiger partial charge in [-0.1, -0.05) is 0 Å². The van der Waals surface area contributed by atoms with E-state index in [1.165, 1.54) is 11.3 Å². The van der Waals surface area contributed by atoms with Crippen LogP contribution in [0.1, 0.15) is 11.3 Å². The van der Waals surface area contributed by atoms with Crippen molar-refractivity contribution in [3.05, 3.63) is 23.5 Å². The number of aromatic nitrogens is 1. The first-order chi connectivity index (χ1) is 5.29. The number of rotatable bonds is 1. The quantitative estimate of drug-likeness (QED) is 0.591. The summed E-state index contributed by atoms with van der Waals surface area (Å²) in [6.45, 7) is 3.16. The first-order valence-electron chi connectivity index (χ1n) is 3.98. The van der Waals surface area contributed by atoms with Gasteiger partial charge in [0.15, 0.2) is 0 Å². The van der Waals surface area contributed by atoms with Crippen LogP contribution >= 0.6 is 0 Å². The molecule has 1 aromatic heterocycles. The molecule has 0 aromatic carbocycles. The van der Waals surface area contributed by atoms with Gasteiger partial charge in [-0.05, 0) is 18.6 Å². The smallest absolute Gasteiger partial charge is 0.0804 e. The largest absolute Gasteiger partial charge is 0.379 e. The van der Waals surface area contributed by atoms with Gasteiger partial charge in [0.25, 0.3) is 0 Å². The van der Waals surface area contributed by atoms with Gasteiger partial charge in [0.1, 0.15) is 0 Å². The van der Waals surface area contributed by atoms with Crippen LogP contribution in [0, 0.1) is 6.92 Å². The zero-order valence-electron chi connectivity index (χ0n) is 7.00. The van der Waals surface area contributed by atoms with Crippen molar-refractivity contribution in [2.45, 2.75) is 26.0 Å². The van der Waals surface area contributed by atoms with Crippen molar-refractivity contribution in [2.24, 2.45) is 0 Å². The maximum Gasteiger partial charge on any atom is 0.0804 e. The number of hydrogen-bond acceptors (Lipinski definition) is 1. The van der Waals surface area contributed by atoms with E-state index in [0.717, 1.165) is 13.0 Å². The topological polar surface area (TPSA) is 14.2 Å². The second kappa shape index (κ2) is 2.38. The van der Waals surface area contributed by atoms with Crippen LogP contribution < -0.4 is 0 Å². The third-order valence-electron chi connectivity index (χ3n) is 2.29. The van der Waals surface area contributed by atoms with Crippen LogP contribution in [0.4, 0.5) is 0 Å². The third kappa shape index (κ3) is 1.07. The molecule has 60 valence electrons. The summed E-state index contributed by atoms with van der Waals surface area (Å²) in [6, 6.07) is 2.24. The second-order valence-corrected chi connectivity index (χ2v) is 3.22. The van der Waals surface area contributed by atoms with Crippen LogP contribution in [0.5, 0.6) is 0 Å². The minimum Gasteiger partial charge on any atom is -0.379 e. The molecule has 2 heteroatoms. The number of nitrogens with zero attached hydrogens (tertiary/aromatic N) is 1. The number of hydrogen-bond donors (Lipinski definition) is 0. The molecule has 1 aromatic rings. The molecule has 0 radical (unpaired) electrons. The SMILES string of the molecule is COC1Cc2cc(C)cn2C1. The van der Waals surface area contributed by atoms with Crippen molar-refractivity contribution >= 4 is 0 Å². The van der Waals surface area contributed by atoms with Crippen LogP contribution in [-0.2, 0) is 17.7 Å². The average Bonchev–Trinajstić information content (AvgIpc) is 2.43. The van der Waals surface area contributed by atoms with Gasteiger partial charge in [0, 0.05) is 32.0 Å². The van der Waals surface area contributed by atoms with E-state index in [-0.39, 0.29) is 0 Å². The Hall–Kier alpha value is -0.760. The van der Waals surface area contributed by atoms with E-state index >= 15 is 0 Å². The fraction of sp³-hybridized carbons (Fsp3) is 0.556. The Kier molecular flexibility index (Phi) is 1.50. The van der Waals surface area contributed by atoms with Crippen molar-refractivity contribution in [1.29, 1.82) is 0 Å². The molecule has 0 aliphatic carbocycles. The number of methoxy groups -OCH3 is 1. The summed E-state index contributed by atoms with van der Waals surface area (Å²) in [7, 11) is 1.78. The molecule has 1 aliphatic rings. The monoisotopic (exact) mass is 151 g/mol. The molecule has 0 N–H and O–H groups in total. The summed E-state index contributed by atoms with van der Waals surface area (Å²) in [5.74, 6) is 0. The first kappa shape index (κ1) is 6.92. The Morgan fingerprint density at radius 1 is 1.64 bits per heavy atom. The Morgan fingerprint density at radius 2 is 2.45 bits per heavy atom. The van der Waals surface area contributed by atoms with Gasteiger partial charge in [-0.2, -0.15) is 0 Å². The molecule has 11 heavy (non-hydrogen) atoms. The highest BCUT2D eigenvalue weighted by atomic mass is 16.5. The Labute approximate surface area is 66.8 Å². The predicted molar refractivity (Wildman–Crippen MR) is 43.7 cm³/mol. The lowest BCUT2D eigenvalue weighted by atomic mass is 10.2. The summed E-state index contributed by atoms with van der Waals surface area (Å²) in [5.41, 5.74) is 2.77. The summed E-state index contributed by atoms with van der Waals surface area (Å²) >= 11 is 0. The molecule has 1 atom stereocenters. The van der Waals surface area contributed by atoms with Gasteiger partial charge in [-0.3, -0.25) is 0 Å². The molecule has 0 fully saturated rings. The minimum atomic E-state index is 0.408. The van der Waals surface area contributed by atoms with Gasteiger partial charge in [0.05, 0.1) is 6.10 Å². The highest BCUT2D eigenvalue weighted by Crippen LogP contribution is 2.19. The molecular weight excluding hydrogens is 138 g/mol. The zero-order chi connectivity index (χ0) is 7.84. The second-order valence-electron chi connectivity index (χ2n) is 3.22. The maximum absolute atomic E-state index is 5.27. The van der Waals surface area contributed by atoms with E-state index in [1.54, 1.807) is 7.11 Å². The predicted octanol–water partition coefficient (Wildman–Crippen LogP) is 1.37. The van der Waals surface area contributed by atoms with Gasteiger partial charge < -0.3 is 9.30 Å². The van der Waals surface area contributed by atoms with Crippen LogP contribution in [0.3, 0.4) is 0 Å². The molecule has 2 rings (SSSR count). The Bertz CT molecular complexity index is 241. The zero-order valence-corrected chi connectivity index (χ0v) is 7.00.